The number of nitrogens with one attached hydrogen (secondary N) is 1. The highest BCUT2D eigenvalue weighted by Crippen LogP contribution is 2.20. The normalized spacial score (nSPS) is 11.2. The SMILES string of the molecule is CCc1ccc(/C=N\NC(=O)c2ccc3c(c2)nc(C)n3CC)cc1[N+](=O)[O-]. The summed E-state index contributed by atoms with van der Waals surface area (Å²) in [5.41, 5.74) is 5.86. The van der Waals surface area contributed by atoms with Crippen molar-refractivity contribution in [2.75, 3.05) is 0 Å². The molecule has 0 atom stereocenters. The van der Waals surface area contributed by atoms with Gasteiger partial charge >= 0.3 is 0 Å². The van der Waals surface area contributed by atoms with Crippen molar-refractivity contribution in [3.63, 3.8) is 0 Å². The molecule has 0 radical (unpaired) electrons. The summed E-state index contributed by atoms with van der Waals surface area (Å²) >= 11 is 0. The van der Waals surface area contributed by atoms with Gasteiger partial charge in [0.05, 0.1) is 22.2 Å². The minimum Gasteiger partial charge on any atom is -0.329 e. The number of hydrogen-bond acceptors (Lipinski definition) is 5. The number of carbonyl (C=O) groups is 1. The van der Waals surface area contributed by atoms with Crippen LogP contribution in [-0.4, -0.2) is 26.6 Å². The molecule has 0 bridgehead atoms. The van der Waals surface area contributed by atoms with Crippen LogP contribution in [0.1, 0.15) is 41.2 Å². The van der Waals surface area contributed by atoms with Gasteiger partial charge in [0.25, 0.3) is 11.6 Å². The summed E-state index contributed by atoms with van der Waals surface area (Å²) in [6.07, 6.45) is 1.96. The summed E-state index contributed by atoms with van der Waals surface area (Å²) in [7, 11) is 0. The average Bonchev–Trinajstić information content (AvgIpc) is 3.01. The molecule has 0 saturated carbocycles. The Morgan fingerprint density at radius 3 is 2.75 bits per heavy atom. The molecule has 0 spiro atoms. The predicted octanol–water partition coefficient (Wildman–Crippen LogP) is 3.60. The zero-order valence-corrected chi connectivity index (χ0v) is 16.0. The molecule has 1 heterocycles. The number of nitro groups is 1. The van der Waals surface area contributed by atoms with Crippen molar-refractivity contribution >= 4 is 28.8 Å². The van der Waals surface area contributed by atoms with Crippen LogP contribution < -0.4 is 5.43 Å². The number of hydrazone groups is 1. The first-order chi connectivity index (χ1) is 13.4. The van der Waals surface area contributed by atoms with E-state index in [1.807, 2.05) is 26.8 Å². The van der Waals surface area contributed by atoms with E-state index in [2.05, 4.69) is 20.1 Å². The van der Waals surface area contributed by atoms with Crippen LogP contribution in [0.4, 0.5) is 5.69 Å². The minimum absolute atomic E-state index is 0.0464. The van der Waals surface area contributed by atoms with Gasteiger partial charge in [0.1, 0.15) is 5.82 Å². The Labute approximate surface area is 162 Å². The van der Waals surface area contributed by atoms with Crippen molar-refractivity contribution < 1.29 is 9.72 Å². The molecule has 8 heteroatoms. The third-order valence-electron chi connectivity index (χ3n) is 4.58. The smallest absolute Gasteiger partial charge is 0.273 e. The van der Waals surface area contributed by atoms with E-state index in [-0.39, 0.29) is 11.6 Å². The van der Waals surface area contributed by atoms with Crippen LogP contribution in [0, 0.1) is 17.0 Å². The highest BCUT2D eigenvalue weighted by Gasteiger charge is 2.13. The Bertz CT molecular complexity index is 1080. The number of aromatic nitrogens is 2. The van der Waals surface area contributed by atoms with Crippen LogP contribution in [-0.2, 0) is 13.0 Å². The molecule has 8 nitrogen and oxygen atoms in total. The topological polar surface area (TPSA) is 102 Å². The maximum Gasteiger partial charge on any atom is 0.273 e. The number of rotatable bonds is 6. The molecule has 0 aliphatic heterocycles. The Morgan fingerprint density at radius 1 is 1.29 bits per heavy atom. The lowest BCUT2D eigenvalue weighted by molar-refractivity contribution is -0.385. The van der Waals surface area contributed by atoms with Crippen molar-refractivity contribution in [3.8, 4) is 0 Å². The molecule has 1 amide bonds. The van der Waals surface area contributed by atoms with E-state index < -0.39 is 4.92 Å². The number of carbonyl (C=O) groups excluding carboxylic acids is 1. The molecule has 144 valence electrons. The Hall–Kier alpha value is -3.55. The molecule has 0 saturated heterocycles. The van der Waals surface area contributed by atoms with Gasteiger partial charge in [-0.1, -0.05) is 19.1 Å². The second kappa shape index (κ2) is 7.99. The standard InChI is InChI=1S/C20H21N5O3/c1-4-15-7-6-14(10-19(15)25(27)28)12-21-23-20(26)16-8-9-18-17(11-16)22-13(3)24(18)5-2/h6-12H,4-5H2,1-3H3,(H,23,26)/b21-12-. The summed E-state index contributed by atoms with van der Waals surface area (Å²) in [6, 6.07) is 10.2. The molecule has 0 fully saturated rings. The molecule has 28 heavy (non-hydrogen) atoms. The van der Waals surface area contributed by atoms with E-state index in [9.17, 15) is 14.9 Å². The Kier molecular flexibility index (Phi) is 5.49. The van der Waals surface area contributed by atoms with Crippen LogP contribution in [0.5, 0.6) is 0 Å². The Balaban J connectivity index is 1.76. The van der Waals surface area contributed by atoms with Gasteiger partial charge in [-0.25, -0.2) is 10.4 Å². The van der Waals surface area contributed by atoms with Gasteiger partial charge in [0.15, 0.2) is 0 Å². The molecule has 1 aromatic heterocycles. The van der Waals surface area contributed by atoms with Crippen LogP contribution in [0.2, 0.25) is 0 Å². The summed E-state index contributed by atoms with van der Waals surface area (Å²) < 4.78 is 2.07. The van der Waals surface area contributed by atoms with E-state index in [1.165, 1.54) is 12.3 Å². The van der Waals surface area contributed by atoms with Gasteiger partial charge in [-0.2, -0.15) is 5.10 Å². The van der Waals surface area contributed by atoms with Gasteiger partial charge in [-0.3, -0.25) is 14.9 Å². The summed E-state index contributed by atoms with van der Waals surface area (Å²) in [5.74, 6) is 0.520. The quantitative estimate of drug-likeness (QED) is 0.401. The fourth-order valence-corrected chi connectivity index (χ4v) is 3.15. The van der Waals surface area contributed by atoms with Crippen molar-refractivity contribution in [2.45, 2.75) is 33.7 Å². The Morgan fingerprint density at radius 2 is 2.07 bits per heavy atom. The van der Waals surface area contributed by atoms with Gasteiger partial charge in [0, 0.05) is 29.3 Å². The highest BCUT2D eigenvalue weighted by molar-refractivity contribution is 5.98. The molecular weight excluding hydrogens is 358 g/mol. The first kappa shape index (κ1) is 19.2. The predicted molar refractivity (Wildman–Crippen MR) is 108 cm³/mol. The third-order valence-corrected chi connectivity index (χ3v) is 4.58. The lowest BCUT2D eigenvalue weighted by atomic mass is 10.1. The summed E-state index contributed by atoms with van der Waals surface area (Å²) in [6.45, 7) is 6.64. The maximum absolute atomic E-state index is 12.3. The van der Waals surface area contributed by atoms with Crippen LogP contribution in [0.25, 0.3) is 11.0 Å². The molecular formula is C20H21N5O3. The van der Waals surface area contributed by atoms with Crippen LogP contribution >= 0.6 is 0 Å². The number of fused-ring (bicyclic) bond motifs is 1. The third kappa shape index (κ3) is 3.75. The molecule has 3 aromatic rings. The molecule has 1 N–H and O–H groups in total. The zero-order chi connectivity index (χ0) is 20.3. The second-order valence-corrected chi connectivity index (χ2v) is 6.30. The van der Waals surface area contributed by atoms with Crippen molar-refractivity contribution in [3.05, 3.63) is 69.0 Å². The molecule has 2 aromatic carbocycles. The van der Waals surface area contributed by atoms with Gasteiger partial charge in [0.2, 0.25) is 0 Å². The highest BCUT2D eigenvalue weighted by atomic mass is 16.6. The van der Waals surface area contributed by atoms with Crippen LogP contribution in [0.3, 0.4) is 0 Å². The van der Waals surface area contributed by atoms with E-state index in [1.54, 1.807) is 24.3 Å². The van der Waals surface area contributed by atoms with Gasteiger partial charge in [-0.05, 0) is 38.5 Å². The first-order valence-corrected chi connectivity index (χ1v) is 9.02. The number of aryl methyl sites for hydroxylation is 3. The van der Waals surface area contributed by atoms with Gasteiger partial charge in [-0.15, -0.1) is 0 Å². The minimum atomic E-state index is -0.415. The number of nitro benzene ring substituents is 1. The lowest BCUT2D eigenvalue weighted by Gasteiger charge is -2.03. The molecule has 3 rings (SSSR count). The van der Waals surface area contributed by atoms with E-state index in [0.717, 1.165) is 23.4 Å². The van der Waals surface area contributed by atoms with Crippen molar-refractivity contribution in [1.82, 2.24) is 15.0 Å². The monoisotopic (exact) mass is 379 g/mol. The number of hydrogen-bond donors (Lipinski definition) is 1. The molecule has 0 aliphatic carbocycles. The molecule has 0 unspecified atom stereocenters. The number of nitrogens with zero attached hydrogens (tertiary/aromatic N) is 4. The van der Waals surface area contributed by atoms with E-state index in [0.29, 0.717) is 23.1 Å². The maximum atomic E-state index is 12.3. The number of benzene rings is 2. The largest absolute Gasteiger partial charge is 0.329 e. The fourth-order valence-electron chi connectivity index (χ4n) is 3.15. The van der Waals surface area contributed by atoms with E-state index >= 15 is 0 Å². The fraction of sp³-hybridized carbons (Fsp3) is 0.250. The molecule has 0 aliphatic rings. The number of imidazole rings is 1. The van der Waals surface area contributed by atoms with Gasteiger partial charge < -0.3 is 4.57 Å². The lowest BCUT2D eigenvalue weighted by Crippen LogP contribution is -2.17. The summed E-state index contributed by atoms with van der Waals surface area (Å²) in [4.78, 5) is 27.5. The zero-order valence-electron chi connectivity index (χ0n) is 16.0. The van der Waals surface area contributed by atoms with E-state index in [4.69, 9.17) is 0 Å². The second-order valence-electron chi connectivity index (χ2n) is 6.30. The van der Waals surface area contributed by atoms with Crippen LogP contribution in [0.15, 0.2) is 41.5 Å². The first-order valence-electron chi connectivity index (χ1n) is 9.02. The number of amides is 1. The summed E-state index contributed by atoms with van der Waals surface area (Å²) in [5, 5.41) is 15.1. The van der Waals surface area contributed by atoms with Crippen molar-refractivity contribution in [2.24, 2.45) is 5.10 Å². The average molecular weight is 379 g/mol. The van der Waals surface area contributed by atoms with Crippen molar-refractivity contribution in [1.29, 1.82) is 0 Å².